The summed E-state index contributed by atoms with van der Waals surface area (Å²) in [5, 5.41) is 13.4. The van der Waals surface area contributed by atoms with Crippen LogP contribution in [0.2, 0.25) is 0 Å². The van der Waals surface area contributed by atoms with Crippen molar-refractivity contribution in [2.24, 2.45) is 5.92 Å². The van der Waals surface area contributed by atoms with Gasteiger partial charge in [0.2, 0.25) is 0 Å². The summed E-state index contributed by atoms with van der Waals surface area (Å²) in [5.41, 5.74) is 1.12. The van der Waals surface area contributed by atoms with Crippen LogP contribution in [0.15, 0.2) is 18.2 Å². The van der Waals surface area contributed by atoms with Gasteiger partial charge in [0.05, 0.1) is 14.2 Å². The van der Waals surface area contributed by atoms with Crippen LogP contribution in [0.25, 0.3) is 0 Å². The van der Waals surface area contributed by atoms with E-state index in [-0.39, 0.29) is 6.61 Å². The molecule has 0 aliphatic carbocycles. The van der Waals surface area contributed by atoms with E-state index in [0.29, 0.717) is 5.92 Å². The van der Waals surface area contributed by atoms with E-state index in [4.69, 9.17) is 21.7 Å². The SMILES string of the molecule is COc1ccc(CCNC(=S)N2CCC[C@H](CO)C2)c(OC)c1. The lowest BCUT2D eigenvalue weighted by atomic mass is 9.99. The van der Waals surface area contributed by atoms with Crippen LogP contribution in [0.5, 0.6) is 11.5 Å². The highest BCUT2D eigenvalue weighted by Gasteiger charge is 2.20. The second-order valence-electron chi connectivity index (χ2n) is 5.80. The Bertz CT molecular complexity index is 525. The van der Waals surface area contributed by atoms with Crippen LogP contribution in [0, 0.1) is 5.92 Å². The molecular weight excluding hydrogens is 312 g/mol. The van der Waals surface area contributed by atoms with Crippen LogP contribution in [0.3, 0.4) is 0 Å². The third kappa shape index (κ3) is 4.97. The van der Waals surface area contributed by atoms with E-state index in [9.17, 15) is 5.11 Å². The van der Waals surface area contributed by atoms with Gasteiger partial charge in [-0.3, -0.25) is 0 Å². The van der Waals surface area contributed by atoms with Crippen LogP contribution >= 0.6 is 12.2 Å². The van der Waals surface area contributed by atoms with E-state index in [1.54, 1.807) is 14.2 Å². The average molecular weight is 338 g/mol. The quantitative estimate of drug-likeness (QED) is 0.772. The second-order valence-corrected chi connectivity index (χ2v) is 6.18. The van der Waals surface area contributed by atoms with Gasteiger partial charge in [-0.05, 0) is 49.0 Å². The molecule has 128 valence electrons. The van der Waals surface area contributed by atoms with Gasteiger partial charge in [-0.25, -0.2) is 0 Å². The number of piperidine rings is 1. The van der Waals surface area contributed by atoms with Gasteiger partial charge in [0.1, 0.15) is 11.5 Å². The molecule has 1 aliphatic heterocycles. The molecule has 0 bridgehead atoms. The van der Waals surface area contributed by atoms with E-state index >= 15 is 0 Å². The summed E-state index contributed by atoms with van der Waals surface area (Å²) in [7, 11) is 3.31. The normalized spacial score (nSPS) is 17.7. The fraction of sp³-hybridized carbons (Fsp3) is 0.588. The first kappa shape index (κ1) is 17.8. The Morgan fingerprint density at radius 2 is 2.22 bits per heavy atom. The number of nitrogens with zero attached hydrogens (tertiary/aromatic N) is 1. The van der Waals surface area contributed by atoms with Crippen molar-refractivity contribution in [2.45, 2.75) is 19.3 Å². The fourth-order valence-electron chi connectivity index (χ4n) is 2.87. The number of ether oxygens (including phenoxy) is 2. The van der Waals surface area contributed by atoms with Crippen molar-refractivity contribution in [1.82, 2.24) is 10.2 Å². The van der Waals surface area contributed by atoms with Crippen molar-refractivity contribution in [2.75, 3.05) is 40.5 Å². The van der Waals surface area contributed by atoms with Gasteiger partial charge in [0.25, 0.3) is 0 Å². The third-order valence-electron chi connectivity index (χ3n) is 4.23. The number of aliphatic hydroxyl groups is 1. The molecule has 23 heavy (non-hydrogen) atoms. The minimum absolute atomic E-state index is 0.238. The number of nitrogens with one attached hydrogen (secondary N) is 1. The summed E-state index contributed by atoms with van der Waals surface area (Å²) >= 11 is 5.47. The number of hydrogen-bond acceptors (Lipinski definition) is 4. The molecule has 1 heterocycles. The molecule has 1 fully saturated rings. The average Bonchev–Trinajstić information content (AvgIpc) is 2.61. The third-order valence-corrected chi connectivity index (χ3v) is 4.63. The van der Waals surface area contributed by atoms with Crippen molar-refractivity contribution in [1.29, 1.82) is 0 Å². The van der Waals surface area contributed by atoms with Crippen LogP contribution in [-0.4, -0.2) is 55.6 Å². The van der Waals surface area contributed by atoms with Crippen LogP contribution in [0.1, 0.15) is 18.4 Å². The molecule has 0 aromatic heterocycles. The summed E-state index contributed by atoms with van der Waals surface area (Å²) in [5.74, 6) is 1.96. The van der Waals surface area contributed by atoms with Crippen LogP contribution < -0.4 is 14.8 Å². The van der Waals surface area contributed by atoms with Crippen molar-refractivity contribution in [3.8, 4) is 11.5 Å². The molecule has 1 atom stereocenters. The Morgan fingerprint density at radius 1 is 1.39 bits per heavy atom. The largest absolute Gasteiger partial charge is 0.497 e. The molecule has 1 aromatic rings. The molecule has 1 saturated heterocycles. The lowest BCUT2D eigenvalue weighted by Crippen LogP contribution is -2.46. The van der Waals surface area contributed by atoms with Crippen LogP contribution in [0.4, 0.5) is 0 Å². The standard InChI is InChI=1S/C17H26N2O3S/c1-21-15-6-5-14(16(10-15)22-2)7-8-18-17(23)19-9-3-4-13(11-19)12-20/h5-6,10,13,20H,3-4,7-9,11-12H2,1-2H3,(H,18,23)/t13-/m0/s1. The first-order chi connectivity index (χ1) is 11.2. The maximum absolute atomic E-state index is 9.30. The summed E-state index contributed by atoms with van der Waals surface area (Å²) in [6.07, 6.45) is 2.99. The minimum Gasteiger partial charge on any atom is -0.497 e. The summed E-state index contributed by atoms with van der Waals surface area (Å²) < 4.78 is 10.6. The smallest absolute Gasteiger partial charge is 0.168 e. The molecule has 0 saturated carbocycles. The summed E-state index contributed by atoms with van der Waals surface area (Å²) in [4.78, 5) is 2.16. The topological polar surface area (TPSA) is 54.0 Å². The maximum atomic E-state index is 9.30. The number of benzene rings is 1. The first-order valence-corrected chi connectivity index (χ1v) is 8.43. The lowest BCUT2D eigenvalue weighted by Gasteiger charge is -2.33. The van der Waals surface area contributed by atoms with Gasteiger partial charge >= 0.3 is 0 Å². The Hall–Kier alpha value is -1.53. The molecule has 0 amide bonds. The highest BCUT2D eigenvalue weighted by Crippen LogP contribution is 2.24. The highest BCUT2D eigenvalue weighted by molar-refractivity contribution is 7.80. The van der Waals surface area contributed by atoms with Gasteiger partial charge in [0, 0.05) is 32.3 Å². The fourth-order valence-corrected chi connectivity index (χ4v) is 3.14. The Labute approximate surface area is 143 Å². The molecule has 0 radical (unpaired) electrons. The van der Waals surface area contributed by atoms with Gasteiger partial charge in [0.15, 0.2) is 5.11 Å². The summed E-state index contributed by atoms with van der Waals surface area (Å²) in [6.45, 7) is 2.80. The lowest BCUT2D eigenvalue weighted by molar-refractivity contribution is 0.160. The monoisotopic (exact) mass is 338 g/mol. The number of rotatable bonds is 6. The molecule has 6 heteroatoms. The van der Waals surface area contributed by atoms with E-state index in [0.717, 1.165) is 61.1 Å². The minimum atomic E-state index is 0.238. The van der Waals surface area contributed by atoms with Gasteiger partial charge < -0.3 is 24.8 Å². The van der Waals surface area contributed by atoms with E-state index in [1.165, 1.54) is 0 Å². The summed E-state index contributed by atoms with van der Waals surface area (Å²) in [6, 6.07) is 5.85. The molecule has 0 spiro atoms. The van der Waals surface area contributed by atoms with Crippen LogP contribution in [-0.2, 0) is 6.42 Å². The zero-order valence-electron chi connectivity index (χ0n) is 13.9. The molecule has 2 rings (SSSR count). The van der Waals surface area contributed by atoms with E-state index in [1.807, 2.05) is 18.2 Å². The molecule has 2 N–H and O–H groups in total. The number of thiocarbonyl (C=S) groups is 1. The van der Waals surface area contributed by atoms with Gasteiger partial charge in [-0.15, -0.1) is 0 Å². The molecule has 5 nitrogen and oxygen atoms in total. The zero-order chi connectivity index (χ0) is 16.7. The van der Waals surface area contributed by atoms with Crippen molar-refractivity contribution < 1.29 is 14.6 Å². The number of likely N-dealkylation sites (tertiary alicyclic amines) is 1. The Morgan fingerprint density at radius 3 is 2.91 bits per heavy atom. The second kappa shape index (κ2) is 8.93. The predicted molar refractivity (Wildman–Crippen MR) is 95.2 cm³/mol. The van der Waals surface area contributed by atoms with E-state index < -0.39 is 0 Å². The van der Waals surface area contributed by atoms with Crippen molar-refractivity contribution >= 4 is 17.3 Å². The molecule has 1 aliphatic rings. The Balaban J connectivity index is 1.83. The van der Waals surface area contributed by atoms with Crippen molar-refractivity contribution in [3.63, 3.8) is 0 Å². The number of aliphatic hydroxyl groups excluding tert-OH is 1. The first-order valence-electron chi connectivity index (χ1n) is 8.02. The Kier molecular flexibility index (Phi) is 6.92. The molecular formula is C17H26N2O3S. The number of methoxy groups -OCH3 is 2. The van der Waals surface area contributed by atoms with Crippen molar-refractivity contribution in [3.05, 3.63) is 23.8 Å². The predicted octanol–water partition coefficient (Wildman–Crippen LogP) is 1.83. The molecule has 0 unspecified atom stereocenters. The number of hydrogen-bond donors (Lipinski definition) is 2. The zero-order valence-corrected chi connectivity index (χ0v) is 14.7. The van der Waals surface area contributed by atoms with Gasteiger partial charge in [-0.2, -0.15) is 0 Å². The molecule has 1 aromatic carbocycles. The highest BCUT2D eigenvalue weighted by atomic mass is 32.1. The maximum Gasteiger partial charge on any atom is 0.168 e. The van der Waals surface area contributed by atoms with E-state index in [2.05, 4.69) is 10.2 Å². The van der Waals surface area contributed by atoms with Gasteiger partial charge in [-0.1, -0.05) is 6.07 Å².